The number of allylic oxidation sites excluding steroid dienone is 4. The Hall–Kier alpha value is -4.42. The summed E-state index contributed by atoms with van der Waals surface area (Å²) in [5, 5.41) is 13.4. The number of hydrogen-bond acceptors (Lipinski definition) is 0. The van der Waals surface area contributed by atoms with Gasteiger partial charge >= 0.3 is 0 Å². The van der Waals surface area contributed by atoms with E-state index in [4.69, 9.17) is 0 Å². The Morgan fingerprint density at radius 3 is 1.72 bits per heavy atom. The van der Waals surface area contributed by atoms with E-state index in [0.717, 1.165) is 12.8 Å². The molecule has 7 aromatic carbocycles. The van der Waals surface area contributed by atoms with Gasteiger partial charge in [-0.3, -0.25) is 0 Å². The molecule has 0 radical (unpaired) electrons. The monoisotopic (exact) mass is 456 g/mol. The molecular formula is C36H24. The highest BCUT2D eigenvalue weighted by atomic mass is 14.2. The number of hydrogen-bond donors (Lipinski definition) is 0. The highest BCUT2D eigenvalue weighted by Crippen LogP contribution is 2.47. The molecule has 0 fully saturated rings. The molecule has 0 nitrogen and oxygen atoms in total. The van der Waals surface area contributed by atoms with Crippen LogP contribution in [0.4, 0.5) is 0 Å². The Kier molecular flexibility index (Phi) is 4.15. The molecule has 0 N–H and O–H groups in total. The van der Waals surface area contributed by atoms with Crippen LogP contribution in [0.15, 0.2) is 121 Å². The van der Waals surface area contributed by atoms with Gasteiger partial charge in [-0.05, 0) is 95.0 Å². The minimum Gasteiger partial charge on any atom is -0.0842 e. The first-order valence-electron chi connectivity index (χ1n) is 12.8. The van der Waals surface area contributed by atoms with Crippen LogP contribution in [0.5, 0.6) is 0 Å². The minimum atomic E-state index is 1.08. The second kappa shape index (κ2) is 7.54. The van der Waals surface area contributed by atoms with Gasteiger partial charge in [-0.15, -0.1) is 0 Å². The van der Waals surface area contributed by atoms with Gasteiger partial charge in [0, 0.05) is 0 Å². The van der Waals surface area contributed by atoms with E-state index in [2.05, 4.69) is 121 Å². The predicted octanol–water partition coefficient (Wildman–Crippen LogP) is 10.3. The highest BCUT2D eigenvalue weighted by molar-refractivity contribution is 6.29. The van der Waals surface area contributed by atoms with Crippen molar-refractivity contribution in [2.24, 2.45) is 0 Å². The summed E-state index contributed by atoms with van der Waals surface area (Å²) in [6, 6.07) is 38.5. The molecule has 0 aromatic heterocycles. The molecule has 0 saturated heterocycles. The average Bonchev–Trinajstić information content (AvgIpc) is 2.95. The van der Waals surface area contributed by atoms with Gasteiger partial charge in [0.1, 0.15) is 0 Å². The van der Waals surface area contributed by atoms with E-state index in [9.17, 15) is 0 Å². The van der Waals surface area contributed by atoms with E-state index in [-0.39, 0.29) is 0 Å². The van der Waals surface area contributed by atoms with Crippen molar-refractivity contribution in [3.05, 3.63) is 127 Å². The van der Waals surface area contributed by atoms with Gasteiger partial charge in [0.25, 0.3) is 0 Å². The lowest BCUT2D eigenvalue weighted by molar-refractivity contribution is 1.06. The molecule has 0 heteroatoms. The molecule has 0 amide bonds. The van der Waals surface area contributed by atoms with Gasteiger partial charge in [-0.2, -0.15) is 0 Å². The standard InChI is InChI=1S/C36H24/c1-2-10-23(11-3-1)34-27-15-4-6-17-29(27)36(30-18-7-5-16-28(30)34)32-22-26-14-8-12-24-20-21-25-13-9-19-31(32)35(25)33(24)26/h1-2,4-10,12-22H,3,11H2. The van der Waals surface area contributed by atoms with Crippen LogP contribution >= 0.6 is 0 Å². The quantitative estimate of drug-likeness (QED) is 0.179. The fourth-order valence-electron chi connectivity index (χ4n) is 6.54. The minimum absolute atomic E-state index is 1.08. The number of benzene rings is 7. The van der Waals surface area contributed by atoms with Gasteiger partial charge in [-0.1, -0.05) is 115 Å². The summed E-state index contributed by atoms with van der Waals surface area (Å²) in [7, 11) is 0. The van der Waals surface area contributed by atoms with Crippen molar-refractivity contribution in [1.82, 2.24) is 0 Å². The van der Waals surface area contributed by atoms with Crippen molar-refractivity contribution in [3.8, 4) is 11.1 Å². The Morgan fingerprint density at radius 2 is 1.06 bits per heavy atom. The second-order valence-electron chi connectivity index (χ2n) is 9.97. The second-order valence-corrected chi connectivity index (χ2v) is 9.97. The first kappa shape index (κ1) is 19.8. The van der Waals surface area contributed by atoms with Crippen LogP contribution in [0.25, 0.3) is 70.6 Å². The van der Waals surface area contributed by atoms with E-state index in [1.165, 1.54) is 76.1 Å². The van der Waals surface area contributed by atoms with Crippen molar-refractivity contribution in [2.45, 2.75) is 12.8 Å². The van der Waals surface area contributed by atoms with Crippen LogP contribution in [0.2, 0.25) is 0 Å². The maximum absolute atomic E-state index is 2.43. The summed E-state index contributed by atoms with van der Waals surface area (Å²) in [5.41, 5.74) is 5.50. The average molecular weight is 457 g/mol. The SMILES string of the molecule is C1=CCCC(c2c3ccccc3c(-c3cc4cccc5ccc6cccc3c6c54)c3ccccc23)=C1. The Labute approximate surface area is 210 Å². The van der Waals surface area contributed by atoms with E-state index >= 15 is 0 Å². The Morgan fingerprint density at radius 1 is 0.472 bits per heavy atom. The summed E-state index contributed by atoms with van der Waals surface area (Å²) < 4.78 is 0. The van der Waals surface area contributed by atoms with Gasteiger partial charge < -0.3 is 0 Å². The van der Waals surface area contributed by atoms with E-state index in [0.29, 0.717) is 0 Å². The molecule has 8 rings (SSSR count). The summed E-state index contributed by atoms with van der Waals surface area (Å²) in [5.74, 6) is 0. The van der Waals surface area contributed by atoms with Crippen molar-refractivity contribution in [3.63, 3.8) is 0 Å². The molecule has 168 valence electrons. The maximum Gasteiger partial charge on any atom is -0.00199 e. The molecule has 36 heavy (non-hydrogen) atoms. The molecule has 1 aliphatic carbocycles. The smallest absolute Gasteiger partial charge is 0.00199 e. The zero-order valence-electron chi connectivity index (χ0n) is 20.0. The molecule has 0 atom stereocenters. The Bertz CT molecular complexity index is 1980. The Balaban J connectivity index is 1.60. The lowest BCUT2D eigenvalue weighted by Crippen LogP contribution is -1.96. The van der Waals surface area contributed by atoms with Gasteiger partial charge in [0.15, 0.2) is 0 Å². The first-order valence-corrected chi connectivity index (χ1v) is 12.8. The maximum atomic E-state index is 2.43. The van der Waals surface area contributed by atoms with E-state index in [1.807, 2.05) is 0 Å². The molecule has 0 aliphatic heterocycles. The molecule has 7 aromatic rings. The molecule has 0 saturated carbocycles. The van der Waals surface area contributed by atoms with Gasteiger partial charge in [-0.25, -0.2) is 0 Å². The fraction of sp³-hybridized carbons (Fsp3) is 0.0556. The summed E-state index contributed by atoms with van der Waals surface area (Å²) in [6.07, 6.45) is 8.99. The van der Waals surface area contributed by atoms with Gasteiger partial charge in [0.05, 0.1) is 0 Å². The van der Waals surface area contributed by atoms with Crippen LogP contribution in [0.1, 0.15) is 18.4 Å². The zero-order chi connectivity index (χ0) is 23.6. The lowest BCUT2D eigenvalue weighted by atomic mass is 9.82. The first-order chi connectivity index (χ1) is 17.9. The van der Waals surface area contributed by atoms with Crippen LogP contribution in [-0.2, 0) is 0 Å². The third-order valence-corrected chi connectivity index (χ3v) is 8.04. The molecule has 0 spiro atoms. The third kappa shape index (κ3) is 2.70. The number of rotatable bonds is 2. The van der Waals surface area contributed by atoms with Crippen molar-refractivity contribution >= 4 is 59.4 Å². The summed E-state index contributed by atoms with van der Waals surface area (Å²) >= 11 is 0. The fourth-order valence-corrected chi connectivity index (χ4v) is 6.54. The molecule has 1 aliphatic rings. The highest BCUT2D eigenvalue weighted by Gasteiger charge is 2.20. The summed E-state index contributed by atoms with van der Waals surface area (Å²) in [6.45, 7) is 0. The summed E-state index contributed by atoms with van der Waals surface area (Å²) in [4.78, 5) is 0. The van der Waals surface area contributed by atoms with E-state index in [1.54, 1.807) is 0 Å². The van der Waals surface area contributed by atoms with Crippen molar-refractivity contribution in [2.75, 3.05) is 0 Å². The van der Waals surface area contributed by atoms with Crippen LogP contribution in [-0.4, -0.2) is 0 Å². The van der Waals surface area contributed by atoms with Crippen LogP contribution in [0, 0.1) is 0 Å². The van der Waals surface area contributed by atoms with Crippen molar-refractivity contribution < 1.29 is 0 Å². The molecule has 0 heterocycles. The topological polar surface area (TPSA) is 0 Å². The molecule has 0 unspecified atom stereocenters. The normalized spacial score (nSPS) is 13.9. The van der Waals surface area contributed by atoms with E-state index < -0.39 is 0 Å². The lowest BCUT2D eigenvalue weighted by Gasteiger charge is -2.21. The third-order valence-electron chi connectivity index (χ3n) is 8.04. The van der Waals surface area contributed by atoms with Crippen LogP contribution < -0.4 is 0 Å². The number of fused-ring (bicyclic) bond motifs is 2. The van der Waals surface area contributed by atoms with Crippen LogP contribution in [0.3, 0.4) is 0 Å². The molecule has 0 bridgehead atoms. The zero-order valence-corrected chi connectivity index (χ0v) is 20.0. The predicted molar refractivity (Wildman–Crippen MR) is 157 cm³/mol. The van der Waals surface area contributed by atoms with Crippen molar-refractivity contribution in [1.29, 1.82) is 0 Å². The molecular weight excluding hydrogens is 432 g/mol. The van der Waals surface area contributed by atoms with Gasteiger partial charge in [0.2, 0.25) is 0 Å². The largest absolute Gasteiger partial charge is 0.0842 e.